The molecule has 1 unspecified atom stereocenters. The lowest BCUT2D eigenvalue weighted by Gasteiger charge is -2.37. The third-order valence-corrected chi connectivity index (χ3v) is 9.63. The standard InChI is InChI=1S/C42H34FN5O/c1-28-24-31(22-23-44-28)40-37-25-32-27-47(29(2)30-18-20-36(43)21-19-30)41(49)45-38(32)26-39(37)48(46-40)42(33-12-6-3-7-13-33,34-14-8-4-9-15-34)35-16-10-5-11-17-35/h3-26,29H,27H2,1-2H3,(H,45,49). The van der Waals surface area contributed by atoms with Crippen molar-refractivity contribution in [2.24, 2.45) is 0 Å². The Kier molecular flexibility index (Phi) is 7.52. The molecule has 0 aliphatic carbocycles. The third kappa shape index (κ3) is 5.15. The van der Waals surface area contributed by atoms with E-state index in [9.17, 15) is 9.18 Å². The minimum absolute atomic E-state index is 0.208. The number of aromatic nitrogens is 3. The molecule has 8 rings (SSSR count). The summed E-state index contributed by atoms with van der Waals surface area (Å²) in [4.78, 5) is 20.0. The number of pyridine rings is 1. The Hall–Kier alpha value is -6.08. The Bertz CT molecular complexity index is 2190. The summed E-state index contributed by atoms with van der Waals surface area (Å²) in [5.41, 5.74) is 8.41. The molecule has 1 atom stereocenters. The van der Waals surface area contributed by atoms with Crippen LogP contribution in [0.2, 0.25) is 0 Å². The molecule has 1 aliphatic heterocycles. The summed E-state index contributed by atoms with van der Waals surface area (Å²) in [6.45, 7) is 4.33. The van der Waals surface area contributed by atoms with Gasteiger partial charge in [0.05, 0.1) is 18.1 Å². The van der Waals surface area contributed by atoms with E-state index in [1.54, 1.807) is 17.0 Å². The molecule has 240 valence electrons. The van der Waals surface area contributed by atoms with Gasteiger partial charge in [0.25, 0.3) is 0 Å². The van der Waals surface area contributed by atoms with Crippen LogP contribution >= 0.6 is 0 Å². The Morgan fingerprint density at radius 3 is 1.94 bits per heavy atom. The summed E-state index contributed by atoms with van der Waals surface area (Å²) in [7, 11) is 0. The number of anilines is 1. The second-order valence-electron chi connectivity index (χ2n) is 12.6. The molecule has 0 saturated carbocycles. The average Bonchev–Trinajstić information content (AvgIpc) is 3.50. The van der Waals surface area contributed by atoms with Crippen molar-refractivity contribution in [3.05, 3.63) is 185 Å². The topological polar surface area (TPSA) is 63.1 Å². The Morgan fingerprint density at radius 2 is 1.37 bits per heavy atom. The molecule has 0 spiro atoms. The van der Waals surface area contributed by atoms with Crippen LogP contribution in [0.3, 0.4) is 0 Å². The maximum absolute atomic E-state index is 13.7. The van der Waals surface area contributed by atoms with Crippen molar-refractivity contribution in [1.82, 2.24) is 19.7 Å². The number of halogens is 1. The van der Waals surface area contributed by atoms with Crippen LogP contribution in [-0.4, -0.2) is 25.7 Å². The molecule has 0 fully saturated rings. The number of carbonyl (C=O) groups excluding carboxylic acids is 1. The predicted octanol–water partition coefficient (Wildman–Crippen LogP) is 9.49. The number of amides is 2. The molecule has 0 radical (unpaired) electrons. The summed E-state index contributed by atoms with van der Waals surface area (Å²) in [5.74, 6) is -0.305. The van der Waals surface area contributed by atoms with Crippen molar-refractivity contribution >= 4 is 22.6 Å². The van der Waals surface area contributed by atoms with Crippen LogP contribution < -0.4 is 5.32 Å². The molecule has 7 heteroatoms. The SMILES string of the molecule is Cc1cc(-c2nn(C(c3ccccc3)(c3ccccc3)c3ccccc3)c3cc4c(cc23)CN(C(C)c2ccc(F)cc2)C(=O)N4)ccn1. The van der Waals surface area contributed by atoms with Gasteiger partial charge in [-0.1, -0.05) is 103 Å². The lowest BCUT2D eigenvalue weighted by molar-refractivity contribution is 0.186. The summed E-state index contributed by atoms with van der Waals surface area (Å²) in [5, 5.41) is 9.67. The molecule has 49 heavy (non-hydrogen) atoms. The molecule has 1 N–H and O–H groups in total. The normalized spacial score (nSPS) is 13.6. The van der Waals surface area contributed by atoms with Crippen molar-refractivity contribution < 1.29 is 9.18 Å². The van der Waals surface area contributed by atoms with Gasteiger partial charge in [-0.2, -0.15) is 5.10 Å². The smallest absolute Gasteiger partial charge is 0.313 e. The monoisotopic (exact) mass is 643 g/mol. The summed E-state index contributed by atoms with van der Waals surface area (Å²) in [6.07, 6.45) is 1.82. The van der Waals surface area contributed by atoms with E-state index in [-0.39, 0.29) is 17.9 Å². The van der Waals surface area contributed by atoms with Gasteiger partial charge in [-0.15, -0.1) is 0 Å². The summed E-state index contributed by atoms with van der Waals surface area (Å²) < 4.78 is 15.9. The van der Waals surface area contributed by atoms with E-state index in [2.05, 4.69) is 106 Å². The van der Waals surface area contributed by atoms with Crippen LogP contribution in [0.1, 0.15) is 46.5 Å². The molecule has 7 aromatic rings. The largest absolute Gasteiger partial charge is 0.322 e. The number of fused-ring (bicyclic) bond motifs is 2. The van der Waals surface area contributed by atoms with E-state index < -0.39 is 5.54 Å². The van der Waals surface area contributed by atoms with Crippen LogP contribution in [0.15, 0.2) is 146 Å². The highest BCUT2D eigenvalue weighted by Crippen LogP contribution is 2.45. The minimum atomic E-state index is -0.863. The van der Waals surface area contributed by atoms with Gasteiger partial charge in [0.1, 0.15) is 17.1 Å². The highest BCUT2D eigenvalue weighted by molar-refractivity contribution is 6.01. The van der Waals surface area contributed by atoms with Gasteiger partial charge in [-0.3, -0.25) is 4.98 Å². The summed E-state index contributed by atoms with van der Waals surface area (Å²) >= 11 is 0. The number of hydrogen-bond donors (Lipinski definition) is 1. The van der Waals surface area contributed by atoms with Gasteiger partial charge in [-0.25, -0.2) is 13.9 Å². The first kappa shape index (κ1) is 30.3. The van der Waals surface area contributed by atoms with Gasteiger partial charge in [0.15, 0.2) is 0 Å². The van der Waals surface area contributed by atoms with Gasteiger partial charge < -0.3 is 10.2 Å². The van der Waals surface area contributed by atoms with Crippen LogP contribution in [0, 0.1) is 12.7 Å². The number of aryl methyl sites for hydroxylation is 1. The molecule has 3 heterocycles. The zero-order valence-corrected chi connectivity index (χ0v) is 27.2. The molecular formula is C42H34FN5O. The molecule has 1 aliphatic rings. The molecule has 0 saturated heterocycles. The number of nitrogens with zero attached hydrogens (tertiary/aromatic N) is 4. The van der Waals surface area contributed by atoms with Gasteiger partial charge >= 0.3 is 6.03 Å². The number of hydrogen-bond acceptors (Lipinski definition) is 3. The van der Waals surface area contributed by atoms with Crippen molar-refractivity contribution in [2.75, 3.05) is 5.32 Å². The van der Waals surface area contributed by atoms with E-state index in [1.165, 1.54) is 12.1 Å². The predicted molar refractivity (Wildman–Crippen MR) is 192 cm³/mol. The maximum Gasteiger partial charge on any atom is 0.322 e. The number of rotatable bonds is 7. The first-order valence-electron chi connectivity index (χ1n) is 16.4. The number of carbonyl (C=O) groups is 1. The zero-order chi connectivity index (χ0) is 33.5. The van der Waals surface area contributed by atoms with Crippen LogP contribution in [0.5, 0.6) is 0 Å². The number of benzene rings is 5. The van der Waals surface area contributed by atoms with E-state index in [0.717, 1.165) is 61.4 Å². The van der Waals surface area contributed by atoms with Gasteiger partial charge in [-0.05, 0) is 78.1 Å². The fourth-order valence-corrected chi connectivity index (χ4v) is 7.20. The maximum atomic E-state index is 13.7. The zero-order valence-electron chi connectivity index (χ0n) is 27.2. The van der Waals surface area contributed by atoms with Crippen molar-refractivity contribution in [2.45, 2.75) is 32.0 Å². The third-order valence-electron chi connectivity index (χ3n) is 9.63. The van der Waals surface area contributed by atoms with Crippen molar-refractivity contribution in [1.29, 1.82) is 0 Å². The molecule has 0 bridgehead atoms. The summed E-state index contributed by atoms with van der Waals surface area (Å²) in [6, 6.07) is 45.5. The Labute approximate surface area is 284 Å². The molecule has 2 amide bonds. The molecule has 5 aromatic carbocycles. The van der Waals surface area contributed by atoms with E-state index in [1.807, 2.05) is 44.3 Å². The highest BCUT2D eigenvalue weighted by atomic mass is 19.1. The second kappa shape index (κ2) is 12.2. The fourth-order valence-electron chi connectivity index (χ4n) is 7.20. The van der Waals surface area contributed by atoms with Crippen LogP contribution in [0.25, 0.3) is 22.2 Å². The first-order chi connectivity index (χ1) is 23.9. The number of urea groups is 1. The van der Waals surface area contributed by atoms with Crippen LogP contribution in [-0.2, 0) is 12.1 Å². The van der Waals surface area contributed by atoms with Gasteiger partial charge in [0, 0.05) is 28.5 Å². The number of nitrogens with one attached hydrogen (secondary N) is 1. The van der Waals surface area contributed by atoms with E-state index >= 15 is 0 Å². The quantitative estimate of drug-likeness (QED) is 0.176. The lowest BCUT2D eigenvalue weighted by atomic mass is 9.77. The average molecular weight is 644 g/mol. The molecular weight excluding hydrogens is 609 g/mol. The molecule has 2 aromatic heterocycles. The van der Waals surface area contributed by atoms with E-state index in [0.29, 0.717) is 6.54 Å². The van der Waals surface area contributed by atoms with Gasteiger partial charge in [0.2, 0.25) is 0 Å². The molecule has 6 nitrogen and oxygen atoms in total. The lowest BCUT2D eigenvalue weighted by Crippen LogP contribution is -2.40. The van der Waals surface area contributed by atoms with Crippen LogP contribution in [0.4, 0.5) is 14.9 Å². The van der Waals surface area contributed by atoms with E-state index in [4.69, 9.17) is 5.10 Å². The Morgan fingerprint density at radius 1 is 0.776 bits per heavy atom. The second-order valence-corrected chi connectivity index (χ2v) is 12.6. The van der Waals surface area contributed by atoms with Crippen molar-refractivity contribution in [3.8, 4) is 11.3 Å². The van der Waals surface area contributed by atoms with Crippen molar-refractivity contribution in [3.63, 3.8) is 0 Å². The Balaban J connectivity index is 1.41. The highest BCUT2D eigenvalue weighted by Gasteiger charge is 2.41. The minimum Gasteiger partial charge on any atom is -0.313 e. The fraction of sp³-hybridized carbons (Fsp3) is 0.119. The first-order valence-corrected chi connectivity index (χ1v) is 16.4.